The van der Waals surface area contributed by atoms with Crippen LogP contribution >= 0.6 is 0 Å². The summed E-state index contributed by atoms with van der Waals surface area (Å²) in [4.78, 5) is 38.1. The summed E-state index contributed by atoms with van der Waals surface area (Å²) in [7, 11) is 0. The van der Waals surface area contributed by atoms with Gasteiger partial charge in [-0.3, -0.25) is 14.4 Å². The van der Waals surface area contributed by atoms with Crippen molar-refractivity contribution in [1.82, 2.24) is 0 Å². The van der Waals surface area contributed by atoms with E-state index in [0.29, 0.717) is 19.3 Å². The Kier molecular flexibility index (Phi) is 54.5. The third-order valence-corrected chi connectivity index (χ3v) is 11.7. The molecule has 0 saturated heterocycles. The second-order valence-corrected chi connectivity index (χ2v) is 18.5. The number of allylic oxidation sites excluding steroid dienone is 22. The first-order valence-corrected chi connectivity index (χ1v) is 28.7. The van der Waals surface area contributed by atoms with Crippen molar-refractivity contribution in [3.63, 3.8) is 0 Å². The van der Waals surface area contributed by atoms with Gasteiger partial charge in [0, 0.05) is 19.3 Å². The van der Waals surface area contributed by atoms with E-state index in [2.05, 4.69) is 124 Å². The Bertz CT molecular complexity index is 1550. The lowest BCUT2D eigenvalue weighted by atomic mass is 10.1. The molecule has 0 saturated carbocycles. The van der Waals surface area contributed by atoms with Gasteiger partial charge in [-0.2, -0.15) is 0 Å². The molecule has 6 heteroatoms. The molecule has 0 N–H and O–H groups in total. The van der Waals surface area contributed by atoms with Crippen LogP contribution in [0.3, 0.4) is 0 Å². The average molecular weight is 982 g/mol. The largest absolute Gasteiger partial charge is 0.462 e. The fourth-order valence-electron chi connectivity index (χ4n) is 7.47. The zero-order valence-electron chi connectivity index (χ0n) is 45.7. The van der Waals surface area contributed by atoms with E-state index in [1.54, 1.807) is 0 Å². The first kappa shape index (κ1) is 66.6. The molecule has 0 spiro atoms. The molecule has 6 nitrogen and oxygen atoms in total. The van der Waals surface area contributed by atoms with Crippen LogP contribution in [0.25, 0.3) is 0 Å². The van der Waals surface area contributed by atoms with Crippen molar-refractivity contribution in [2.75, 3.05) is 13.2 Å². The third kappa shape index (κ3) is 56.3. The highest BCUT2D eigenvalue weighted by Gasteiger charge is 2.19. The molecule has 0 amide bonds. The Hall–Kier alpha value is -4.45. The quantitative estimate of drug-likeness (QED) is 0.0199. The van der Waals surface area contributed by atoms with Crippen LogP contribution in [0, 0.1) is 0 Å². The van der Waals surface area contributed by atoms with E-state index in [9.17, 15) is 14.4 Å². The number of carbonyl (C=O) groups is 3. The minimum absolute atomic E-state index is 0.120. The van der Waals surface area contributed by atoms with Crippen molar-refractivity contribution in [2.45, 2.75) is 245 Å². The van der Waals surface area contributed by atoms with Gasteiger partial charge < -0.3 is 14.2 Å². The Morgan fingerprint density at radius 2 is 0.648 bits per heavy atom. The molecule has 0 aromatic carbocycles. The molecular formula is C65H104O6. The van der Waals surface area contributed by atoms with Crippen LogP contribution in [-0.2, 0) is 28.6 Å². The van der Waals surface area contributed by atoms with E-state index in [1.807, 2.05) is 30.4 Å². The summed E-state index contributed by atoms with van der Waals surface area (Å²) in [5.41, 5.74) is 0. The van der Waals surface area contributed by atoms with Gasteiger partial charge in [0.15, 0.2) is 6.10 Å². The molecule has 0 fully saturated rings. The van der Waals surface area contributed by atoms with E-state index >= 15 is 0 Å². The van der Waals surface area contributed by atoms with E-state index < -0.39 is 6.10 Å². The highest BCUT2D eigenvalue weighted by atomic mass is 16.6. The first-order chi connectivity index (χ1) is 35.0. The normalized spacial score (nSPS) is 13.1. The number of ether oxygens (including phenoxy) is 3. The Morgan fingerprint density at radius 3 is 1.11 bits per heavy atom. The van der Waals surface area contributed by atoms with Gasteiger partial charge in [-0.05, 0) is 103 Å². The minimum atomic E-state index is -0.826. The molecule has 0 aliphatic carbocycles. The van der Waals surface area contributed by atoms with Crippen LogP contribution in [-0.4, -0.2) is 37.2 Å². The van der Waals surface area contributed by atoms with Gasteiger partial charge in [0.05, 0.1) is 0 Å². The zero-order valence-corrected chi connectivity index (χ0v) is 45.7. The lowest BCUT2D eigenvalue weighted by Crippen LogP contribution is -2.30. The topological polar surface area (TPSA) is 78.9 Å². The molecule has 1 unspecified atom stereocenters. The maximum Gasteiger partial charge on any atom is 0.306 e. The van der Waals surface area contributed by atoms with Gasteiger partial charge >= 0.3 is 17.9 Å². The van der Waals surface area contributed by atoms with Gasteiger partial charge in [-0.15, -0.1) is 0 Å². The van der Waals surface area contributed by atoms with Crippen molar-refractivity contribution < 1.29 is 28.6 Å². The van der Waals surface area contributed by atoms with Crippen LogP contribution < -0.4 is 0 Å². The molecule has 0 aliphatic heterocycles. The molecule has 0 rings (SSSR count). The number of carbonyl (C=O) groups excluding carboxylic acids is 3. The minimum Gasteiger partial charge on any atom is -0.462 e. The summed E-state index contributed by atoms with van der Waals surface area (Å²) in [6.45, 7) is 6.29. The maximum absolute atomic E-state index is 12.9. The van der Waals surface area contributed by atoms with E-state index in [4.69, 9.17) is 14.2 Å². The van der Waals surface area contributed by atoms with Crippen LogP contribution in [0.15, 0.2) is 134 Å². The smallest absolute Gasteiger partial charge is 0.306 e. The van der Waals surface area contributed by atoms with Crippen LogP contribution in [0.2, 0.25) is 0 Å². The molecule has 0 bridgehead atoms. The first-order valence-electron chi connectivity index (χ1n) is 28.7. The summed E-state index contributed by atoms with van der Waals surface area (Å²) >= 11 is 0. The number of rotatable bonds is 50. The van der Waals surface area contributed by atoms with Crippen molar-refractivity contribution >= 4 is 17.9 Å². The SMILES string of the molecule is CC\C=C/C=C\C=C/C=C\CCCCCCCC(=O)OCC(COC(=O)CC/C=C\C/C=C\C/C=C\C/C=C\C/C=C\C/C=C\CC)OC(=O)CCCCCCCCC/C=C\CCCCCCCCCC. The molecule has 0 aromatic heterocycles. The maximum atomic E-state index is 12.9. The number of esters is 3. The highest BCUT2D eigenvalue weighted by Crippen LogP contribution is 2.14. The van der Waals surface area contributed by atoms with Crippen LogP contribution in [0.5, 0.6) is 0 Å². The summed E-state index contributed by atoms with van der Waals surface area (Å²) < 4.78 is 16.8. The molecule has 71 heavy (non-hydrogen) atoms. The summed E-state index contributed by atoms with van der Waals surface area (Å²) in [5, 5.41) is 0. The molecule has 0 aliphatic rings. The molecule has 1 atom stereocenters. The summed E-state index contributed by atoms with van der Waals surface area (Å²) in [5.74, 6) is -1.04. The average Bonchev–Trinajstić information content (AvgIpc) is 3.37. The third-order valence-electron chi connectivity index (χ3n) is 11.7. The van der Waals surface area contributed by atoms with Crippen molar-refractivity contribution in [1.29, 1.82) is 0 Å². The molecule has 400 valence electrons. The van der Waals surface area contributed by atoms with Crippen LogP contribution in [0.4, 0.5) is 0 Å². The van der Waals surface area contributed by atoms with Crippen LogP contribution in [0.1, 0.15) is 239 Å². The Balaban J connectivity index is 4.55. The van der Waals surface area contributed by atoms with E-state index in [1.165, 1.54) is 89.9 Å². The van der Waals surface area contributed by atoms with Gasteiger partial charge in [0.2, 0.25) is 0 Å². The monoisotopic (exact) mass is 981 g/mol. The molecular weight excluding hydrogens is 877 g/mol. The van der Waals surface area contributed by atoms with Gasteiger partial charge in [-0.25, -0.2) is 0 Å². The lowest BCUT2D eigenvalue weighted by molar-refractivity contribution is -0.166. The highest BCUT2D eigenvalue weighted by molar-refractivity contribution is 5.71. The predicted octanol–water partition coefficient (Wildman–Crippen LogP) is 19.4. The Morgan fingerprint density at radius 1 is 0.310 bits per heavy atom. The van der Waals surface area contributed by atoms with E-state index in [0.717, 1.165) is 103 Å². The van der Waals surface area contributed by atoms with Crippen molar-refractivity contribution in [3.8, 4) is 0 Å². The fraction of sp³-hybridized carbons (Fsp3) is 0.615. The number of hydrogen-bond donors (Lipinski definition) is 0. The van der Waals surface area contributed by atoms with E-state index in [-0.39, 0.29) is 37.5 Å². The fourth-order valence-corrected chi connectivity index (χ4v) is 7.47. The second-order valence-electron chi connectivity index (χ2n) is 18.5. The second kappa shape index (κ2) is 58.1. The van der Waals surface area contributed by atoms with Gasteiger partial charge in [-0.1, -0.05) is 251 Å². The summed E-state index contributed by atoms with van der Waals surface area (Å²) in [6, 6.07) is 0. The van der Waals surface area contributed by atoms with Crippen molar-refractivity contribution in [3.05, 3.63) is 134 Å². The molecule has 0 heterocycles. The van der Waals surface area contributed by atoms with Gasteiger partial charge in [0.1, 0.15) is 13.2 Å². The standard InChI is InChI=1S/C65H104O6/c1-4-7-10-13-16-19-22-25-28-30-32-34-37-40-43-46-49-52-55-58-64(67)70-61-62(60-69-63(66)57-54-51-48-45-42-39-36-27-24-21-18-15-12-9-6-3)71-65(68)59-56-53-50-47-44-41-38-35-33-31-29-26-23-20-17-14-11-8-5-2/h7,9-10,12,15-16,18-19,21,24-25,27-28,31-34,36,40,43,49,52,62H,4-6,8,11,13-14,17,20,22-23,26,29-30,35,37-39,41-42,44-48,50-51,53-61H2,1-3H3/b10-7-,12-9-,18-15-,19-16-,24-21-,28-25-,33-31-,34-32-,36-27-,43-40-,52-49-. The Labute approximate surface area is 436 Å². The van der Waals surface area contributed by atoms with Crippen molar-refractivity contribution in [2.24, 2.45) is 0 Å². The molecule has 0 aromatic rings. The summed E-state index contributed by atoms with van der Waals surface area (Å²) in [6.07, 6.45) is 81.7. The van der Waals surface area contributed by atoms with Gasteiger partial charge in [0.25, 0.3) is 0 Å². The predicted molar refractivity (Wildman–Crippen MR) is 306 cm³/mol. The molecule has 0 radical (unpaired) electrons. The lowest BCUT2D eigenvalue weighted by Gasteiger charge is -2.18. The zero-order chi connectivity index (χ0) is 51.4. The number of hydrogen-bond acceptors (Lipinski definition) is 6. The number of unbranched alkanes of at least 4 members (excludes halogenated alkanes) is 20.